The van der Waals surface area contributed by atoms with Crippen LogP contribution in [0.15, 0.2) is 59.4 Å². The minimum atomic E-state index is -0.866. The number of H-pyrrole nitrogens is 1. The van der Waals surface area contributed by atoms with Crippen molar-refractivity contribution in [2.75, 3.05) is 6.54 Å². The molecule has 2 aromatic carbocycles. The van der Waals surface area contributed by atoms with Crippen LogP contribution in [-0.4, -0.2) is 38.9 Å². The monoisotopic (exact) mass is 364 g/mol. The lowest BCUT2D eigenvalue weighted by Crippen LogP contribution is -2.47. The molecule has 2 amide bonds. The van der Waals surface area contributed by atoms with E-state index in [4.69, 9.17) is 5.73 Å². The Morgan fingerprint density at radius 3 is 2.52 bits per heavy atom. The molecule has 3 N–H and O–H groups in total. The van der Waals surface area contributed by atoms with E-state index in [1.54, 1.807) is 12.1 Å². The molecule has 1 saturated heterocycles. The fraction of sp³-hybridized carbons (Fsp3) is 0.250. The molecular formula is C20H20N4O3. The number of likely N-dealkylation sites (tertiary alicyclic amines) is 1. The molecule has 0 radical (unpaired) electrons. The topological polar surface area (TPSA) is 101 Å². The van der Waals surface area contributed by atoms with E-state index in [1.807, 2.05) is 42.5 Å². The Kier molecular flexibility index (Phi) is 4.27. The highest BCUT2D eigenvalue weighted by Crippen LogP contribution is 2.27. The van der Waals surface area contributed by atoms with E-state index in [1.165, 1.54) is 9.47 Å². The van der Waals surface area contributed by atoms with E-state index in [0.29, 0.717) is 36.0 Å². The Labute approximate surface area is 155 Å². The fourth-order valence-electron chi connectivity index (χ4n) is 3.85. The number of carbonyl (C=O) groups is 2. The molecule has 1 fully saturated rings. The molecule has 7 nitrogen and oxygen atoms in total. The molecule has 138 valence electrons. The van der Waals surface area contributed by atoms with Gasteiger partial charge in [-0.3, -0.25) is 14.2 Å². The van der Waals surface area contributed by atoms with Gasteiger partial charge < -0.3 is 15.6 Å². The molecule has 1 aliphatic rings. The van der Waals surface area contributed by atoms with Crippen molar-refractivity contribution in [2.24, 2.45) is 5.73 Å². The number of primary amides is 1. The molecule has 2 unspecified atom stereocenters. The van der Waals surface area contributed by atoms with Crippen molar-refractivity contribution in [2.45, 2.75) is 24.9 Å². The van der Waals surface area contributed by atoms with Crippen LogP contribution in [0.4, 0.5) is 0 Å². The Hall–Kier alpha value is -3.35. The highest BCUT2D eigenvalue weighted by atomic mass is 16.2. The van der Waals surface area contributed by atoms with Crippen LogP contribution in [-0.2, 0) is 9.59 Å². The second-order valence-electron chi connectivity index (χ2n) is 6.72. The maximum Gasteiger partial charge on any atom is 0.327 e. The number of benzene rings is 2. The van der Waals surface area contributed by atoms with Crippen molar-refractivity contribution < 1.29 is 9.59 Å². The van der Waals surface area contributed by atoms with E-state index >= 15 is 0 Å². The van der Waals surface area contributed by atoms with Gasteiger partial charge in [0, 0.05) is 6.54 Å². The standard InChI is InChI=1S/C20H20N4O3/c21-18(25)16-11-6-12-23(16)19(26)17(13-7-2-1-3-8-13)24-15-10-5-4-9-14(15)22-20(24)27/h1-5,7-10,16-17H,6,11-12H2,(H2,21,25)(H,22,27). The van der Waals surface area contributed by atoms with Crippen LogP contribution in [0.3, 0.4) is 0 Å². The normalized spacial score (nSPS) is 17.9. The number of aromatic amines is 1. The van der Waals surface area contributed by atoms with Crippen molar-refractivity contribution >= 4 is 22.8 Å². The number of imidazole rings is 1. The predicted octanol–water partition coefficient (Wildman–Crippen LogP) is 1.40. The Balaban J connectivity index is 1.88. The van der Waals surface area contributed by atoms with Crippen LogP contribution >= 0.6 is 0 Å². The zero-order valence-electron chi connectivity index (χ0n) is 14.7. The van der Waals surface area contributed by atoms with Crippen LogP contribution in [0.5, 0.6) is 0 Å². The number of amides is 2. The molecule has 1 aliphatic heterocycles. The minimum Gasteiger partial charge on any atom is -0.368 e. The number of hydrogen-bond acceptors (Lipinski definition) is 3. The van der Waals surface area contributed by atoms with Gasteiger partial charge in [-0.1, -0.05) is 42.5 Å². The fourth-order valence-corrected chi connectivity index (χ4v) is 3.85. The Bertz CT molecular complexity index is 1050. The van der Waals surface area contributed by atoms with Crippen molar-refractivity contribution in [3.63, 3.8) is 0 Å². The van der Waals surface area contributed by atoms with Gasteiger partial charge in [0.2, 0.25) is 5.91 Å². The third-order valence-corrected chi connectivity index (χ3v) is 5.10. The summed E-state index contributed by atoms with van der Waals surface area (Å²) in [7, 11) is 0. The van der Waals surface area contributed by atoms with Gasteiger partial charge in [0.15, 0.2) is 0 Å². The van der Waals surface area contributed by atoms with Gasteiger partial charge in [-0.2, -0.15) is 0 Å². The van der Waals surface area contributed by atoms with Gasteiger partial charge in [0.1, 0.15) is 12.1 Å². The lowest BCUT2D eigenvalue weighted by atomic mass is 10.0. The van der Waals surface area contributed by atoms with Gasteiger partial charge in [-0.25, -0.2) is 4.79 Å². The highest BCUT2D eigenvalue weighted by Gasteiger charge is 2.38. The molecule has 7 heteroatoms. The summed E-state index contributed by atoms with van der Waals surface area (Å²) in [6.07, 6.45) is 1.26. The maximum absolute atomic E-state index is 13.5. The molecule has 0 bridgehead atoms. The molecule has 0 saturated carbocycles. The van der Waals surface area contributed by atoms with Gasteiger partial charge in [-0.15, -0.1) is 0 Å². The van der Waals surface area contributed by atoms with Crippen LogP contribution in [0.25, 0.3) is 11.0 Å². The number of fused-ring (bicyclic) bond motifs is 1. The quantitative estimate of drug-likeness (QED) is 0.731. The molecule has 0 aliphatic carbocycles. The Morgan fingerprint density at radius 2 is 1.78 bits per heavy atom. The number of rotatable bonds is 4. The molecule has 4 rings (SSSR count). The highest BCUT2D eigenvalue weighted by molar-refractivity contribution is 5.91. The van der Waals surface area contributed by atoms with Gasteiger partial charge >= 0.3 is 5.69 Å². The average molecular weight is 364 g/mol. The summed E-state index contributed by atoms with van der Waals surface area (Å²) in [5.74, 6) is -0.812. The number of aromatic nitrogens is 2. The van der Waals surface area contributed by atoms with Crippen molar-refractivity contribution in [3.05, 3.63) is 70.6 Å². The summed E-state index contributed by atoms with van der Waals surface area (Å²) in [5.41, 5.74) is 7.11. The third-order valence-electron chi connectivity index (χ3n) is 5.10. The molecule has 1 aromatic heterocycles. The average Bonchev–Trinajstić information content (AvgIpc) is 3.28. The first-order valence-electron chi connectivity index (χ1n) is 8.92. The van der Waals surface area contributed by atoms with Crippen molar-refractivity contribution in [3.8, 4) is 0 Å². The summed E-state index contributed by atoms with van der Waals surface area (Å²) >= 11 is 0. The van der Waals surface area contributed by atoms with Crippen LogP contribution < -0.4 is 11.4 Å². The zero-order chi connectivity index (χ0) is 19.0. The second kappa shape index (κ2) is 6.75. The summed E-state index contributed by atoms with van der Waals surface area (Å²) in [4.78, 5) is 42.3. The Morgan fingerprint density at radius 1 is 1.07 bits per heavy atom. The first-order valence-corrected chi connectivity index (χ1v) is 8.92. The van der Waals surface area contributed by atoms with E-state index in [2.05, 4.69) is 4.98 Å². The van der Waals surface area contributed by atoms with Crippen molar-refractivity contribution in [1.82, 2.24) is 14.5 Å². The first kappa shape index (κ1) is 17.1. The number of nitrogens with one attached hydrogen (secondary N) is 1. The minimum absolute atomic E-state index is 0.297. The summed E-state index contributed by atoms with van der Waals surface area (Å²) in [5, 5.41) is 0. The smallest absolute Gasteiger partial charge is 0.327 e. The van der Waals surface area contributed by atoms with Gasteiger partial charge in [-0.05, 0) is 30.5 Å². The number of nitrogens with two attached hydrogens (primary N) is 1. The SMILES string of the molecule is NC(=O)C1CCCN1C(=O)C(c1ccccc1)n1c(=O)[nH]c2ccccc21. The van der Waals surface area contributed by atoms with E-state index in [9.17, 15) is 14.4 Å². The maximum atomic E-state index is 13.5. The molecule has 3 aromatic rings. The molecule has 0 spiro atoms. The largest absolute Gasteiger partial charge is 0.368 e. The van der Waals surface area contributed by atoms with Crippen LogP contribution in [0.1, 0.15) is 24.4 Å². The molecule has 2 heterocycles. The lowest BCUT2D eigenvalue weighted by Gasteiger charge is -2.28. The number of carbonyl (C=O) groups excluding carboxylic acids is 2. The number of para-hydroxylation sites is 2. The van der Waals surface area contributed by atoms with Crippen LogP contribution in [0, 0.1) is 0 Å². The van der Waals surface area contributed by atoms with E-state index < -0.39 is 18.0 Å². The summed E-state index contributed by atoms with van der Waals surface area (Å²) in [6.45, 7) is 0.451. The first-order chi connectivity index (χ1) is 13.1. The zero-order valence-corrected chi connectivity index (χ0v) is 14.7. The van der Waals surface area contributed by atoms with Gasteiger partial charge in [0.25, 0.3) is 5.91 Å². The number of hydrogen-bond donors (Lipinski definition) is 2. The van der Waals surface area contributed by atoms with E-state index in [0.717, 1.165) is 0 Å². The molecule has 2 atom stereocenters. The molecule has 27 heavy (non-hydrogen) atoms. The lowest BCUT2D eigenvalue weighted by molar-refractivity contribution is -0.139. The van der Waals surface area contributed by atoms with E-state index in [-0.39, 0.29) is 11.6 Å². The number of nitrogens with zero attached hydrogens (tertiary/aromatic N) is 2. The summed E-state index contributed by atoms with van der Waals surface area (Å²) < 4.78 is 1.46. The van der Waals surface area contributed by atoms with Gasteiger partial charge in [0.05, 0.1) is 11.0 Å². The van der Waals surface area contributed by atoms with Crippen LogP contribution in [0.2, 0.25) is 0 Å². The molecular weight excluding hydrogens is 344 g/mol. The van der Waals surface area contributed by atoms with Crippen molar-refractivity contribution in [1.29, 1.82) is 0 Å². The third kappa shape index (κ3) is 2.91. The predicted molar refractivity (Wildman–Crippen MR) is 101 cm³/mol. The summed E-state index contributed by atoms with van der Waals surface area (Å²) in [6, 6.07) is 14.9. The second-order valence-corrected chi connectivity index (χ2v) is 6.72.